The van der Waals surface area contributed by atoms with E-state index in [-0.39, 0.29) is 17.9 Å². The van der Waals surface area contributed by atoms with Gasteiger partial charge in [-0.15, -0.1) is 0 Å². The number of carbonyl (C=O) groups is 2. The lowest BCUT2D eigenvalue weighted by atomic mass is 9.92. The number of hydrogen-bond acceptors (Lipinski definition) is 5. The molecule has 0 bridgehead atoms. The van der Waals surface area contributed by atoms with Crippen LogP contribution < -0.4 is 10.6 Å². The Kier molecular flexibility index (Phi) is 11.4. The van der Waals surface area contributed by atoms with Crippen molar-refractivity contribution in [3.8, 4) is 0 Å². The minimum Gasteiger partial charge on any atom is -0.344 e. The molecule has 3 aliphatic heterocycles. The van der Waals surface area contributed by atoms with Crippen LogP contribution in [0.4, 0.5) is 0 Å². The molecule has 3 heterocycles. The predicted molar refractivity (Wildman–Crippen MR) is 179 cm³/mol. The second kappa shape index (κ2) is 15.2. The lowest BCUT2D eigenvalue weighted by molar-refractivity contribution is -0.136. The molecule has 3 atom stereocenters. The second-order valence-electron chi connectivity index (χ2n) is 13.8. The van der Waals surface area contributed by atoms with Crippen molar-refractivity contribution in [2.24, 2.45) is 5.92 Å². The molecule has 0 radical (unpaired) electrons. The SMILES string of the molecule is CC(C)CN(C1CCN(C(C)C)CC1)C1CCN(C(=O)[C@@H](Cc2ccc(Cl)cc2)NC(=O)CC2NCCc3ccccc32)C1. The monoisotopic (exact) mass is 621 g/mol. The van der Waals surface area contributed by atoms with Gasteiger partial charge in [0.2, 0.25) is 11.8 Å². The van der Waals surface area contributed by atoms with Crippen molar-refractivity contribution >= 4 is 23.4 Å². The molecule has 240 valence electrons. The predicted octanol–water partition coefficient (Wildman–Crippen LogP) is 5.08. The van der Waals surface area contributed by atoms with E-state index >= 15 is 0 Å². The van der Waals surface area contributed by atoms with Gasteiger partial charge in [-0.3, -0.25) is 14.5 Å². The van der Waals surface area contributed by atoms with Crippen molar-refractivity contribution in [1.29, 1.82) is 0 Å². The minimum atomic E-state index is -0.617. The zero-order valence-electron chi connectivity index (χ0n) is 27.1. The molecule has 2 saturated heterocycles. The van der Waals surface area contributed by atoms with Crippen LogP contribution in [0.2, 0.25) is 5.02 Å². The summed E-state index contributed by atoms with van der Waals surface area (Å²) in [5, 5.41) is 7.34. The molecule has 8 heteroatoms. The molecule has 0 aromatic heterocycles. The van der Waals surface area contributed by atoms with E-state index in [0.717, 1.165) is 57.7 Å². The van der Waals surface area contributed by atoms with E-state index < -0.39 is 6.04 Å². The van der Waals surface area contributed by atoms with Crippen molar-refractivity contribution in [2.75, 3.05) is 39.3 Å². The first-order valence-electron chi connectivity index (χ1n) is 16.8. The van der Waals surface area contributed by atoms with Crippen molar-refractivity contribution in [3.05, 3.63) is 70.2 Å². The Morgan fingerprint density at radius 2 is 1.68 bits per heavy atom. The van der Waals surface area contributed by atoms with Gasteiger partial charge in [0, 0.05) is 61.7 Å². The molecule has 0 spiro atoms. The highest BCUT2D eigenvalue weighted by Crippen LogP contribution is 2.28. The summed E-state index contributed by atoms with van der Waals surface area (Å²) in [4.78, 5) is 35.0. The van der Waals surface area contributed by atoms with Crippen LogP contribution >= 0.6 is 11.6 Å². The van der Waals surface area contributed by atoms with Crippen LogP contribution in [0.3, 0.4) is 0 Å². The number of benzene rings is 2. The number of nitrogens with one attached hydrogen (secondary N) is 2. The summed E-state index contributed by atoms with van der Waals surface area (Å²) in [5.41, 5.74) is 3.46. The van der Waals surface area contributed by atoms with Crippen LogP contribution in [-0.4, -0.2) is 89.9 Å². The third-order valence-electron chi connectivity index (χ3n) is 9.81. The Balaban J connectivity index is 1.27. The third kappa shape index (κ3) is 8.42. The number of halogens is 1. The van der Waals surface area contributed by atoms with Crippen molar-refractivity contribution in [3.63, 3.8) is 0 Å². The highest BCUT2D eigenvalue weighted by molar-refractivity contribution is 6.30. The first-order chi connectivity index (χ1) is 21.2. The molecule has 2 aromatic carbocycles. The van der Waals surface area contributed by atoms with Gasteiger partial charge in [0.1, 0.15) is 6.04 Å². The average molecular weight is 622 g/mol. The number of amides is 2. The maximum atomic E-state index is 14.2. The highest BCUT2D eigenvalue weighted by atomic mass is 35.5. The summed E-state index contributed by atoms with van der Waals surface area (Å²) < 4.78 is 0. The van der Waals surface area contributed by atoms with Crippen molar-refractivity contribution in [1.82, 2.24) is 25.3 Å². The van der Waals surface area contributed by atoms with Crippen LogP contribution in [0, 0.1) is 5.92 Å². The van der Waals surface area contributed by atoms with Gasteiger partial charge in [0.15, 0.2) is 0 Å². The molecule has 7 nitrogen and oxygen atoms in total. The van der Waals surface area contributed by atoms with Gasteiger partial charge in [-0.25, -0.2) is 0 Å². The van der Waals surface area contributed by atoms with Crippen molar-refractivity contribution < 1.29 is 9.59 Å². The van der Waals surface area contributed by atoms with Crippen molar-refractivity contribution in [2.45, 2.75) is 96.4 Å². The molecule has 2 amide bonds. The Bertz CT molecular complexity index is 1240. The second-order valence-corrected chi connectivity index (χ2v) is 14.2. The number of nitrogens with zero attached hydrogens (tertiary/aromatic N) is 3. The summed E-state index contributed by atoms with van der Waals surface area (Å²) in [6.45, 7) is 14.8. The normalized spacial score (nSPS) is 22.0. The molecule has 5 rings (SSSR count). The van der Waals surface area contributed by atoms with Gasteiger partial charge in [-0.2, -0.15) is 0 Å². The molecule has 2 N–H and O–H groups in total. The molecule has 3 aliphatic rings. The summed E-state index contributed by atoms with van der Waals surface area (Å²) in [7, 11) is 0. The number of rotatable bonds is 11. The van der Waals surface area contributed by atoms with Gasteiger partial charge < -0.3 is 20.4 Å². The van der Waals surface area contributed by atoms with Gasteiger partial charge in [-0.1, -0.05) is 61.8 Å². The van der Waals surface area contributed by atoms with Crippen LogP contribution in [0.15, 0.2) is 48.5 Å². The van der Waals surface area contributed by atoms with E-state index in [9.17, 15) is 9.59 Å². The van der Waals surface area contributed by atoms with Gasteiger partial charge >= 0.3 is 0 Å². The molecule has 44 heavy (non-hydrogen) atoms. The lowest BCUT2D eigenvalue weighted by Crippen LogP contribution is -2.53. The summed E-state index contributed by atoms with van der Waals surface area (Å²) in [5.74, 6) is 0.492. The number of likely N-dealkylation sites (tertiary alicyclic amines) is 2. The van der Waals surface area contributed by atoms with Crippen LogP contribution in [-0.2, 0) is 22.4 Å². The Hall–Kier alpha value is -2.45. The lowest BCUT2D eigenvalue weighted by Gasteiger charge is -2.43. The average Bonchev–Trinajstić information content (AvgIpc) is 3.50. The van der Waals surface area contributed by atoms with E-state index in [1.54, 1.807) is 0 Å². The Morgan fingerprint density at radius 1 is 0.977 bits per heavy atom. The standard InChI is InChI=1S/C36H52ClN5O2/c1-25(2)23-42(30-14-18-40(19-15-30)26(3)4)31-16-20-41(24-31)36(44)34(21-27-9-11-29(37)12-10-27)39-35(43)22-33-32-8-6-5-7-28(32)13-17-38-33/h5-12,25-26,30-31,33-34,38H,13-24H2,1-4H3,(H,39,43)/t31?,33?,34-/m1/s1. The maximum Gasteiger partial charge on any atom is 0.245 e. The molecule has 2 aromatic rings. The fraction of sp³-hybridized carbons (Fsp3) is 0.611. The maximum absolute atomic E-state index is 14.2. The number of hydrogen-bond donors (Lipinski definition) is 2. The molecule has 2 unspecified atom stereocenters. The zero-order valence-corrected chi connectivity index (χ0v) is 27.9. The summed E-state index contributed by atoms with van der Waals surface area (Å²) >= 11 is 6.16. The van der Waals surface area contributed by atoms with Crippen LogP contribution in [0.5, 0.6) is 0 Å². The Morgan fingerprint density at radius 3 is 2.39 bits per heavy atom. The topological polar surface area (TPSA) is 67.9 Å². The fourth-order valence-corrected chi connectivity index (χ4v) is 7.58. The van der Waals surface area contributed by atoms with E-state index in [0.29, 0.717) is 41.9 Å². The molecule has 0 saturated carbocycles. The zero-order chi connectivity index (χ0) is 31.2. The third-order valence-corrected chi connectivity index (χ3v) is 10.1. The minimum absolute atomic E-state index is 0.0203. The van der Waals surface area contributed by atoms with E-state index in [1.807, 2.05) is 35.2 Å². The van der Waals surface area contributed by atoms with Crippen LogP contribution in [0.25, 0.3) is 0 Å². The van der Waals surface area contributed by atoms with E-state index in [4.69, 9.17) is 11.6 Å². The van der Waals surface area contributed by atoms with Crippen LogP contribution in [0.1, 0.15) is 76.1 Å². The highest BCUT2D eigenvalue weighted by Gasteiger charge is 2.38. The van der Waals surface area contributed by atoms with Gasteiger partial charge in [0.25, 0.3) is 0 Å². The first-order valence-corrected chi connectivity index (χ1v) is 17.2. The smallest absolute Gasteiger partial charge is 0.245 e. The molecular formula is C36H52ClN5O2. The number of piperidine rings is 1. The number of carbonyl (C=O) groups excluding carboxylic acids is 2. The summed E-state index contributed by atoms with van der Waals surface area (Å²) in [6, 6.07) is 16.8. The molecule has 0 aliphatic carbocycles. The summed E-state index contributed by atoms with van der Waals surface area (Å²) in [6.07, 6.45) is 5.06. The molecule has 2 fully saturated rings. The first kappa shape index (κ1) is 32.9. The van der Waals surface area contributed by atoms with Gasteiger partial charge in [0.05, 0.1) is 0 Å². The fourth-order valence-electron chi connectivity index (χ4n) is 7.45. The Labute approximate surface area is 269 Å². The number of fused-ring (bicyclic) bond motifs is 1. The van der Waals surface area contributed by atoms with E-state index in [1.165, 1.54) is 24.0 Å². The largest absolute Gasteiger partial charge is 0.344 e. The van der Waals surface area contributed by atoms with Gasteiger partial charge in [-0.05, 0) is 93.9 Å². The molecular weight excluding hydrogens is 570 g/mol. The quantitative estimate of drug-likeness (QED) is 0.367. The van der Waals surface area contributed by atoms with E-state index in [2.05, 4.69) is 66.3 Å².